The molecule has 0 saturated carbocycles. The maximum Gasteiger partial charge on any atom is 0.157 e. The van der Waals surface area contributed by atoms with Gasteiger partial charge in [0.2, 0.25) is 0 Å². The van der Waals surface area contributed by atoms with Gasteiger partial charge in [-0.1, -0.05) is 24.2 Å². The molecule has 3 aliphatic rings. The molecule has 0 aromatic carbocycles. The van der Waals surface area contributed by atoms with E-state index in [1.54, 1.807) is 22.3 Å². The molecule has 0 aromatic rings. The van der Waals surface area contributed by atoms with Crippen molar-refractivity contribution in [3.05, 3.63) is 22.3 Å². The SMILES string of the molecule is C[Si](C)(Cl)C1CCCC2=C1CC1=C2CCCC1. The highest BCUT2D eigenvalue weighted by atomic mass is 35.6. The first kappa shape index (κ1) is 12.0. The second kappa shape index (κ2) is 4.27. The van der Waals surface area contributed by atoms with E-state index in [2.05, 4.69) is 13.1 Å². The number of rotatable bonds is 1. The molecular formula is C15H23ClSi. The Morgan fingerprint density at radius 3 is 2.47 bits per heavy atom. The van der Waals surface area contributed by atoms with Crippen LogP contribution in [0.5, 0.6) is 0 Å². The minimum Gasteiger partial charge on any atom is -0.167 e. The van der Waals surface area contributed by atoms with Gasteiger partial charge in [0.15, 0.2) is 7.38 Å². The van der Waals surface area contributed by atoms with Crippen molar-refractivity contribution in [1.29, 1.82) is 0 Å². The lowest BCUT2D eigenvalue weighted by molar-refractivity contribution is 0.657. The summed E-state index contributed by atoms with van der Waals surface area (Å²) in [5, 5.41) is 0. The van der Waals surface area contributed by atoms with Crippen molar-refractivity contribution < 1.29 is 0 Å². The fraction of sp³-hybridized carbons (Fsp3) is 0.733. The molecule has 2 heteroatoms. The fourth-order valence-electron chi connectivity index (χ4n) is 4.12. The Bertz CT molecular complexity index is 398. The quantitative estimate of drug-likeness (QED) is 0.431. The topological polar surface area (TPSA) is 0 Å². The molecule has 0 amide bonds. The Morgan fingerprint density at radius 2 is 1.71 bits per heavy atom. The van der Waals surface area contributed by atoms with Crippen molar-refractivity contribution in [3.63, 3.8) is 0 Å². The molecular weight excluding hydrogens is 244 g/mol. The molecule has 0 fully saturated rings. The summed E-state index contributed by atoms with van der Waals surface area (Å²) in [4.78, 5) is 0. The third-order valence-corrected chi connectivity index (χ3v) is 7.99. The maximum absolute atomic E-state index is 6.76. The Labute approximate surface area is 111 Å². The number of allylic oxidation sites excluding steroid dienone is 4. The third kappa shape index (κ3) is 2.06. The number of fused-ring (bicyclic) bond motifs is 1. The van der Waals surface area contributed by atoms with Gasteiger partial charge in [-0.05, 0) is 68.1 Å². The van der Waals surface area contributed by atoms with Gasteiger partial charge < -0.3 is 0 Å². The Kier molecular flexibility index (Phi) is 3.03. The summed E-state index contributed by atoms with van der Waals surface area (Å²) in [5.74, 6) is 0. The molecule has 0 saturated heterocycles. The Morgan fingerprint density at radius 1 is 1.00 bits per heavy atom. The predicted octanol–water partition coefficient (Wildman–Crippen LogP) is 5.56. The van der Waals surface area contributed by atoms with Crippen LogP contribution in [0.15, 0.2) is 22.3 Å². The molecule has 1 atom stereocenters. The van der Waals surface area contributed by atoms with E-state index in [9.17, 15) is 0 Å². The molecule has 0 N–H and O–H groups in total. The second-order valence-electron chi connectivity index (χ2n) is 6.48. The summed E-state index contributed by atoms with van der Waals surface area (Å²) in [5.41, 5.74) is 7.90. The van der Waals surface area contributed by atoms with Crippen LogP contribution in [0.2, 0.25) is 18.6 Å². The highest BCUT2D eigenvalue weighted by molar-refractivity contribution is 7.20. The summed E-state index contributed by atoms with van der Waals surface area (Å²) in [6, 6.07) is 0. The number of hydrogen-bond acceptors (Lipinski definition) is 0. The zero-order valence-electron chi connectivity index (χ0n) is 11.1. The molecule has 0 bridgehead atoms. The largest absolute Gasteiger partial charge is 0.167 e. The minimum atomic E-state index is -1.52. The zero-order valence-corrected chi connectivity index (χ0v) is 12.9. The summed E-state index contributed by atoms with van der Waals surface area (Å²) in [7, 11) is -1.52. The molecule has 0 spiro atoms. The van der Waals surface area contributed by atoms with E-state index in [4.69, 9.17) is 11.1 Å². The van der Waals surface area contributed by atoms with Crippen molar-refractivity contribution in [2.75, 3.05) is 0 Å². The molecule has 3 rings (SSSR count). The maximum atomic E-state index is 6.76. The van der Waals surface area contributed by atoms with Gasteiger partial charge in [0, 0.05) is 0 Å². The molecule has 0 heterocycles. The van der Waals surface area contributed by atoms with E-state index in [0.29, 0.717) is 0 Å². The van der Waals surface area contributed by atoms with E-state index < -0.39 is 7.38 Å². The highest BCUT2D eigenvalue weighted by Crippen LogP contribution is 2.53. The lowest BCUT2D eigenvalue weighted by atomic mass is 9.87. The predicted molar refractivity (Wildman–Crippen MR) is 78.1 cm³/mol. The van der Waals surface area contributed by atoms with Crippen LogP contribution >= 0.6 is 11.1 Å². The molecule has 17 heavy (non-hydrogen) atoms. The van der Waals surface area contributed by atoms with Crippen LogP contribution in [0.25, 0.3) is 0 Å². The van der Waals surface area contributed by atoms with Gasteiger partial charge in [0.05, 0.1) is 0 Å². The Balaban J connectivity index is 1.94. The minimum absolute atomic E-state index is 0.763. The number of hydrogen-bond donors (Lipinski definition) is 0. The van der Waals surface area contributed by atoms with Crippen LogP contribution in [-0.4, -0.2) is 7.38 Å². The molecule has 0 radical (unpaired) electrons. The first-order valence-electron chi connectivity index (χ1n) is 7.19. The Hall–Kier alpha value is -0.0131. The van der Waals surface area contributed by atoms with Gasteiger partial charge in [-0.3, -0.25) is 0 Å². The molecule has 94 valence electrons. The molecule has 0 nitrogen and oxygen atoms in total. The summed E-state index contributed by atoms with van der Waals surface area (Å²) in [6.45, 7) is 4.68. The monoisotopic (exact) mass is 266 g/mol. The molecule has 0 aromatic heterocycles. The lowest BCUT2D eigenvalue weighted by Gasteiger charge is -2.33. The van der Waals surface area contributed by atoms with E-state index in [0.717, 1.165) is 5.54 Å². The average Bonchev–Trinajstić information content (AvgIpc) is 2.65. The van der Waals surface area contributed by atoms with Crippen molar-refractivity contribution in [2.45, 2.75) is 70.0 Å². The van der Waals surface area contributed by atoms with Gasteiger partial charge >= 0.3 is 0 Å². The fourth-order valence-corrected chi connectivity index (χ4v) is 6.84. The summed E-state index contributed by atoms with van der Waals surface area (Å²) >= 11 is 6.76. The van der Waals surface area contributed by atoms with Crippen molar-refractivity contribution in [3.8, 4) is 0 Å². The second-order valence-corrected chi connectivity index (χ2v) is 13.2. The lowest BCUT2D eigenvalue weighted by Crippen LogP contribution is -2.28. The van der Waals surface area contributed by atoms with Crippen LogP contribution in [0.1, 0.15) is 51.4 Å². The van der Waals surface area contributed by atoms with Crippen LogP contribution in [0.4, 0.5) is 0 Å². The standard InChI is InChI=1S/C15H23ClSi/c1-17(2,16)15-9-5-8-13-12-7-4-3-6-11(12)10-14(13)15/h15H,3-10H2,1-2H3. The number of halogens is 1. The molecule has 1 unspecified atom stereocenters. The zero-order chi connectivity index (χ0) is 12.0. The first-order valence-corrected chi connectivity index (χ1v) is 11.3. The summed E-state index contributed by atoms with van der Waals surface area (Å²) in [6.07, 6.45) is 11.0. The van der Waals surface area contributed by atoms with Gasteiger partial charge in [0.25, 0.3) is 0 Å². The van der Waals surface area contributed by atoms with Crippen LogP contribution in [0.3, 0.4) is 0 Å². The van der Waals surface area contributed by atoms with Crippen LogP contribution in [0, 0.1) is 0 Å². The van der Waals surface area contributed by atoms with Crippen molar-refractivity contribution in [2.24, 2.45) is 0 Å². The summed E-state index contributed by atoms with van der Waals surface area (Å²) < 4.78 is 0. The molecule has 3 aliphatic carbocycles. The normalized spacial score (nSPS) is 29.5. The van der Waals surface area contributed by atoms with Crippen molar-refractivity contribution >= 4 is 18.5 Å². The third-order valence-electron chi connectivity index (χ3n) is 4.91. The van der Waals surface area contributed by atoms with E-state index in [-0.39, 0.29) is 0 Å². The van der Waals surface area contributed by atoms with E-state index >= 15 is 0 Å². The van der Waals surface area contributed by atoms with Crippen LogP contribution < -0.4 is 0 Å². The van der Waals surface area contributed by atoms with Crippen molar-refractivity contribution in [1.82, 2.24) is 0 Å². The van der Waals surface area contributed by atoms with Gasteiger partial charge in [-0.15, -0.1) is 0 Å². The highest BCUT2D eigenvalue weighted by Gasteiger charge is 2.39. The van der Waals surface area contributed by atoms with Gasteiger partial charge in [-0.2, -0.15) is 11.1 Å². The van der Waals surface area contributed by atoms with E-state index in [1.807, 2.05) is 0 Å². The first-order chi connectivity index (χ1) is 8.07. The van der Waals surface area contributed by atoms with Gasteiger partial charge in [0.1, 0.15) is 0 Å². The van der Waals surface area contributed by atoms with E-state index in [1.165, 1.54) is 51.4 Å². The average molecular weight is 267 g/mol. The van der Waals surface area contributed by atoms with Crippen LogP contribution in [-0.2, 0) is 0 Å². The van der Waals surface area contributed by atoms with Gasteiger partial charge in [-0.25, -0.2) is 0 Å². The molecule has 0 aliphatic heterocycles. The smallest absolute Gasteiger partial charge is 0.157 e.